The molecule has 1 aromatic rings. The molecule has 1 aromatic heterocycles. The minimum Gasteiger partial charge on any atom is -0.531 e. The molecule has 0 atom stereocenters. The molecule has 23 heavy (non-hydrogen) atoms. The summed E-state index contributed by atoms with van der Waals surface area (Å²) >= 11 is 0. The first-order valence-electron chi connectivity index (χ1n) is 7.65. The van der Waals surface area contributed by atoms with Crippen molar-refractivity contribution in [2.75, 3.05) is 0 Å². The third kappa shape index (κ3) is 7.75. The Labute approximate surface area is 142 Å². The average molecular weight is 373 g/mol. The van der Waals surface area contributed by atoms with Crippen molar-refractivity contribution in [3.8, 4) is 11.9 Å². The second-order valence-electron chi connectivity index (χ2n) is 8.30. The van der Waals surface area contributed by atoms with Gasteiger partial charge in [0, 0.05) is 0 Å². The van der Waals surface area contributed by atoms with Gasteiger partial charge in [0.25, 0.3) is 0 Å². The van der Waals surface area contributed by atoms with Crippen LogP contribution in [0.4, 0.5) is 0 Å². The van der Waals surface area contributed by atoms with E-state index < -0.39 is 30.9 Å². The highest BCUT2D eigenvalue weighted by Crippen LogP contribution is 2.24. The molecule has 0 aromatic carbocycles. The Balaban J connectivity index is 3.21. The topological polar surface area (TPSA) is 70.5 Å². The number of aromatic nitrogens is 2. The summed E-state index contributed by atoms with van der Waals surface area (Å²) in [4.78, 5) is 20.9. The Kier molecular flexibility index (Phi) is 5.81. The van der Waals surface area contributed by atoms with Crippen molar-refractivity contribution in [2.24, 2.45) is 0 Å². The van der Waals surface area contributed by atoms with E-state index in [-0.39, 0.29) is 17.5 Å². The first-order valence-corrected chi connectivity index (χ1v) is 17.9. The standard InChI is InChI=1S/C14H28N2O4Si3/c1-21(2,3)18-12-11(13(17)19-22(4,5)6)10-15-14(16-12)20-23(7,8)9/h10H,1-9H3. The van der Waals surface area contributed by atoms with Crippen molar-refractivity contribution in [1.29, 1.82) is 0 Å². The van der Waals surface area contributed by atoms with Gasteiger partial charge in [0.15, 0.2) is 0 Å². The highest BCUT2D eigenvalue weighted by molar-refractivity contribution is 6.72. The molecular formula is C14H28N2O4Si3. The lowest BCUT2D eigenvalue weighted by molar-refractivity contribution is 0.0721. The third-order valence-corrected chi connectivity index (χ3v) is 4.55. The molecule has 0 N–H and O–H groups in total. The lowest BCUT2D eigenvalue weighted by Crippen LogP contribution is -2.34. The van der Waals surface area contributed by atoms with Crippen LogP contribution in [0.15, 0.2) is 6.20 Å². The van der Waals surface area contributed by atoms with Crippen molar-refractivity contribution >= 4 is 30.9 Å². The quantitative estimate of drug-likeness (QED) is 0.705. The average Bonchev–Trinajstić information content (AvgIpc) is 2.21. The summed E-state index contributed by atoms with van der Waals surface area (Å²) in [6, 6.07) is 0.252. The molecule has 0 aliphatic carbocycles. The summed E-state index contributed by atoms with van der Waals surface area (Å²) in [5.41, 5.74) is 0.262. The van der Waals surface area contributed by atoms with E-state index in [1.54, 1.807) is 0 Å². The van der Waals surface area contributed by atoms with Gasteiger partial charge in [-0.05, 0) is 58.9 Å². The van der Waals surface area contributed by atoms with Crippen molar-refractivity contribution in [3.63, 3.8) is 0 Å². The molecule has 1 rings (SSSR count). The fourth-order valence-corrected chi connectivity index (χ4v) is 3.56. The van der Waals surface area contributed by atoms with Gasteiger partial charge in [0.1, 0.15) is 5.56 Å². The summed E-state index contributed by atoms with van der Waals surface area (Å²) in [5.74, 6) is -0.173. The summed E-state index contributed by atoms with van der Waals surface area (Å²) in [6.45, 7) is 18.1. The van der Waals surface area contributed by atoms with Crippen LogP contribution in [0.1, 0.15) is 10.4 Å². The van der Waals surface area contributed by atoms with Crippen LogP contribution in [0.3, 0.4) is 0 Å². The smallest absolute Gasteiger partial charge is 0.331 e. The molecular weight excluding hydrogens is 344 g/mol. The van der Waals surface area contributed by atoms with Crippen LogP contribution in [0.5, 0.6) is 11.9 Å². The van der Waals surface area contributed by atoms with E-state index in [0.29, 0.717) is 0 Å². The molecule has 0 saturated heterocycles. The number of carbonyl (C=O) groups excluding carboxylic acids is 1. The molecule has 9 heteroatoms. The minimum atomic E-state index is -2.01. The van der Waals surface area contributed by atoms with Gasteiger partial charge in [0.05, 0.1) is 6.20 Å². The molecule has 0 aliphatic rings. The van der Waals surface area contributed by atoms with E-state index in [1.807, 2.05) is 58.9 Å². The van der Waals surface area contributed by atoms with Crippen LogP contribution >= 0.6 is 0 Å². The van der Waals surface area contributed by atoms with E-state index in [9.17, 15) is 4.79 Å². The molecule has 130 valence electrons. The van der Waals surface area contributed by atoms with E-state index >= 15 is 0 Å². The maximum Gasteiger partial charge on any atom is 0.331 e. The van der Waals surface area contributed by atoms with Gasteiger partial charge < -0.3 is 13.3 Å². The number of carbonyl (C=O) groups is 1. The SMILES string of the molecule is C[Si](C)(C)OC(=O)c1cnc(O[Si](C)(C)C)nc1O[Si](C)(C)C. The van der Waals surface area contributed by atoms with E-state index in [1.165, 1.54) is 6.20 Å². The second-order valence-corrected chi connectivity index (χ2v) is 21.6. The van der Waals surface area contributed by atoms with Gasteiger partial charge in [-0.25, -0.2) is 9.78 Å². The normalized spacial score (nSPS) is 12.7. The van der Waals surface area contributed by atoms with E-state index in [2.05, 4.69) is 9.97 Å². The van der Waals surface area contributed by atoms with Crippen molar-refractivity contribution in [2.45, 2.75) is 58.9 Å². The summed E-state index contributed by atoms with van der Waals surface area (Å²) < 4.78 is 17.3. The maximum atomic E-state index is 12.4. The van der Waals surface area contributed by atoms with Gasteiger partial charge in [0.2, 0.25) is 30.8 Å². The molecule has 0 fully saturated rings. The first-order chi connectivity index (χ1) is 10.2. The van der Waals surface area contributed by atoms with Crippen LogP contribution in [0.25, 0.3) is 0 Å². The lowest BCUT2D eigenvalue weighted by Gasteiger charge is -2.23. The Hall–Kier alpha value is -1.20. The van der Waals surface area contributed by atoms with Gasteiger partial charge >= 0.3 is 12.0 Å². The molecule has 0 amide bonds. The first kappa shape index (κ1) is 19.8. The van der Waals surface area contributed by atoms with Crippen LogP contribution < -0.4 is 8.85 Å². The Morgan fingerprint density at radius 2 is 1.39 bits per heavy atom. The predicted octanol–water partition coefficient (Wildman–Crippen LogP) is 3.90. The zero-order valence-electron chi connectivity index (χ0n) is 15.6. The summed E-state index contributed by atoms with van der Waals surface area (Å²) in [7, 11) is -5.80. The number of hydrogen-bond donors (Lipinski definition) is 0. The molecule has 0 spiro atoms. The minimum absolute atomic E-state index is 0.252. The highest BCUT2D eigenvalue weighted by Gasteiger charge is 2.28. The van der Waals surface area contributed by atoms with Crippen LogP contribution in [0.2, 0.25) is 58.9 Å². The van der Waals surface area contributed by atoms with Crippen LogP contribution in [-0.2, 0) is 4.43 Å². The maximum absolute atomic E-state index is 12.4. The van der Waals surface area contributed by atoms with Gasteiger partial charge in [-0.2, -0.15) is 4.98 Å². The molecule has 0 aliphatic heterocycles. The molecule has 0 unspecified atom stereocenters. The number of rotatable bonds is 6. The molecule has 0 saturated carbocycles. The van der Waals surface area contributed by atoms with Gasteiger partial charge in [-0.1, -0.05) is 0 Å². The molecule has 1 heterocycles. The zero-order valence-corrected chi connectivity index (χ0v) is 18.6. The number of nitrogens with zero attached hydrogens (tertiary/aromatic N) is 2. The number of hydrogen-bond acceptors (Lipinski definition) is 6. The predicted molar refractivity (Wildman–Crippen MR) is 98.7 cm³/mol. The van der Waals surface area contributed by atoms with Gasteiger partial charge in [-0.3, -0.25) is 0 Å². The van der Waals surface area contributed by atoms with Crippen LogP contribution in [0, 0.1) is 0 Å². The molecule has 6 nitrogen and oxygen atoms in total. The second kappa shape index (κ2) is 6.73. The third-order valence-electron chi connectivity index (χ3n) is 2.15. The monoisotopic (exact) mass is 372 g/mol. The Bertz CT molecular complexity index is 575. The molecule has 0 bridgehead atoms. The molecule has 0 radical (unpaired) electrons. The Morgan fingerprint density at radius 1 is 0.870 bits per heavy atom. The summed E-state index contributed by atoms with van der Waals surface area (Å²) in [5, 5.41) is 0. The highest BCUT2D eigenvalue weighted by atomic mass is 28.4. The fraction of sp³-hybridized carbons (Fsp3) is 0.643. The van der Waals surface area contributed by atoms with Gasteiger partial charge in [-0.15, -0.1) is 0 Å². The largest absolute Gasteiger partial charge is 0.531 e. The van der Waals surface area contributed by atoms with Crippen LogP contribution in [-0.4, -0.2) is 40.9 Å². The summed E-state index contributed by atoms with van der Waals surface area (Å²) in [6.07, 6.45) is 1.44. The zero-order chi connectivity index (χ0) is 18.1. The Morgan fingerprint density at radius 3 is 1.83 bits per heavy atom. The van der Waals surface area contributed by atoms with E-state index in [0.717, 1.165) is 0 Å². The van der Waals surface area contributed by atoms with E-state index in [4.69, 9.17) is 13.3 Å². The lowest BCUT2D eigenvalue weighted by atomic mass is 10.3. The van der Waals surface area contributed by atoms with Crippen molar-refractivity contribution < 1.29 is 18.1 Å². The van der Waals surface area contributed by atoms with Crippen molar-refractivity contribution in [3.05, 3.63) is 11.8 Å². The fourth-order valence-electron chi connectivity index (χ4n) is 1.51. The van der Waals surface area contributed by atoms with Crippen molar-refractivity contribution in [1.82, 2.24) is 9.97 Å².